The molecule has 0 fully saturated rings. The number of nitrogen functional groups attached to an aromatic ring is 1. The monoisotopic (exact) mass is 393 g/mol. The Morgan fingerprint density at radius 2 is 1.91 bits per heavy atom. The van der Waals surface area contributed by atoms with Crippen molar-refractivity contribution in [3.63, 3.8) is 0 Å². The number of aromatic nitrogens is 3. The largest absolute Gasteiger partial charge is 0.336 e. The normalized spacial score (nSPS) is 11.0. The van der Waals surface area contributed by atoms with E-state index in [9.17, 15) is 4.79 Å². The molecule has 23 heavy (non-hydrogen) atoms. The molecule has 1 amide bonds. The zero-order chi connectivity index (χ0) is 17.1. The van der Waals surface area contributed by atoms with E-state index in [1.165, 1.54) is 28.6 Å². The maximum Gasteiger partial charge on any atom is 0.234 e. The molecule has 0 spiro atoms. The van der Waals surface area contributed by atoms with Gasteiger partial charge >= 0.3 is 0 Å². The van der Waals surface area contributed by atoms with E-state index < -0.39 is 0 Å². The molecule has 0 aliphatic heterocycles. The fourth-order valence-corrected chi connectivity index (χ4v) is 2.97. The van der Waals surface area contributed by atoms with Crippen molar-refractivity contribution < 1.29 is 4.79 Å². The lowest BCUT2D eigenvalue weighted by Crippen LogP contribution is -2.17. The zero-order valence-electron chi connectivity index (χ0n) is 12.3. The number of carbonyl (C=O) groups is 1. The van der Waals surface area contributed by atoms with E-state index in [0.717, 1.165) is 0 Å². The van der Waals surface area contributed by atoms with Gasteiger partial charge in [0, 0.05) is 5.92 Å². The number of nitrogens with zero attached hydrogens (tertiary/aromatic N) is 3. The Kier molecular flexibility index (Phi) is 6.02. The number of halogens is 3. The predicted octanol–water partition coefficient (Wildman–Crippen LogP) is 3.81. The summed E-state index contributed by atoms with van der Waals surface area (Å²) in [4.78, 5) is 12.0. The first kappa shape index (κ1) is 18.2. The van der Waals surface area contributed by atoms with Crippen LogP contribution in [0.3, 0.4) is 0 Å². The summed E-state index contributed by atoms with van der Waals surface area (Å²) >= 11 is 18.9. The molecule has 124 valence electrons. The Labute approximate surface area is 152 Å². The van der Waals surface area contributed by atoms with Gasteiger partial charge in [0.15, 0.2) is 5.82 Å². The van der Waals surface area contributed by atoms with Crippen LogP contribution in [-0.2, 0) is 4.79 Å². The standard InChI is InChI=1S/C13H14Cl3N5OS/c1-6(2)12-19-20-13(21(12)17)23-5-11(22)18-10-4-8(15)7(14)3-9(10)16/h3-4,6H,5,17H2,1-2H3,(H,18,22). The summed E-state index contributed by atoms with van der Waals surface area (Å²) in [5, 5.41) is 12.0. The van der Waals surface area contributed by atoms with E-state index in [0.29, 0.717) is 31.7 Å². The van der Waals surface area contributed by atoms with Gasteiger partial charge in [0.05, 0.1) is 26.5 Å². The highest BCUT2D eigenvalue weighted by Gasteiger charge is 2.15. The van der Waals surface area contributed by atoms with E-state index in [1.807, 2.05) is 13.8 Å². The Morgan fingerprint density at radius 3 is 2.52 bits per heavy atom. The van der Waals surface area contributed by atoms with Gasteiger partial charge in [-0.25, -0.2) is 4.68 Å². The van der Waals surface area contributed by atoms with Crippen LogP contribution in [0.25, 0.3) is 0 Å². The summed E-state index contributed by atoms with van der Waals surface area (Å²) in [6, 6.07) is 2.97. The first-order valence-electron chi connectivity index (χ1n) is 6.57. The highest BCUT2D eigenvalue weighted by Crippen LogP contribution is 2.32. The van der Waals surface area contributed by atoms with Crippen LogP contribution in [-0.4, -0.2) is 26.5 Å². The van der Waals surface area contributed by atoms with Crippen molar-refractivity contribution in [1.29, 1.82) is 0 Å². The molecule has 6 nitrogen and oxygen atoms in total. The average Bonchev–Trinajstić information content (AvgIpc) is 2.84. The van der Waals surface area contributed by atoms with Gasteiger partial charge in [0.2, 0.25) is 11.1 Å². The molecule has 1 heterocycles. The zero-order valence-corrected chi connectivity index (χ0v) is 15.4. The van der Waals surface area contributed by atoms with Crippen LogP contribution >= 0.6 is 46.6 Å². The van der Waals surface area contributed by atoms with Crippen molar-refractivity contribution >= 4 is 58.2 Å². The van der Waals surface area contributed by atoms with Crippen molar-refractivity contribution in [2.45, 2.75) is 24.9 Å². The van der Waals surface area contributed by atoms with Gasteiger partial charge in [-0.3, -0.25) is 4.79 Å². The van der Waals surface area contributed by atoms with E-state index in [4.69, 9.17) is 40.6 Å². The molecule has 2 aromatic rings. The van der Waals surface area contributed by atoms with Crippen LogP contribution in [0, 0.1) is 0 Å². The van der Waals surface area contributed by atoms with Gasteiger partial charge in [-0.2, -0.15) is 0 Å². The summed E-state index contributed by atoms with van der Waals surface area (Å²) in [7, 11) is 0. The molecule has 0 unspecified atom stereocenters. The van der Waals surface area contributed by atoms with Crippen molar-refractivity contribution in [1.82, 2.24) is 14.9 Å². The number of hydrogen-bond donors (Lipinski definition) is 2. The highest BCUT2D eigenvalue weighted by molar-refractivity contribution is 7.99. The maximum absolute atomic E-state index is 12.0. The quantitative estimate of drug-likeness (QED) is 0.457. The average molecular weight is 395 g/mol. The fourth-order valence-electron chi connectivity index (χ4n) is 1.72. The Balaban J connectivity index is 2.00. The molecular formula is C13H14Cl3N5OS. The minimum absolute atomic E-state index is 0.101. The van der Waals surface area contributed by atoms with Crippen LogP contribution in [0.2, 0.25) is 15.1 Å². The number of nitrogens with one attached hydrogen (secondary N) is 1. The molecule has 0 saturated heterocycles. The first-order valence-corrected chi connectivity index (χ1v) is 8.69. The second kappa shape index (κ2) is 7.61. The molecule has 0 aliphatic carbocycles. The summed E-state index contributed by atoms with van der Waals surface area (Å²) in [5.74, 6) is 6.51. The van der Waals surface area contributed by atoms with Crippen molar-refractivity contribution in [2.24, 2.45) is 0 Å². The Bertz CT molecular complexity index is 735. The van der Waals surface area contributed by atoms with E-state index in [-0.39, 0.29) is 17.6 Å². The van der Waals surface area contributed by atoms with E-state index in [1.54, 1.807) is 0 Å². The van der Waals surface area contributed by atoms with Crippen molar-refractivity contribution in [3.8, 4) is 0 Å². The van der Waals surface area contributed by atoms with Gasteiger partial charge in [-0.05, 0) is 12.1 Å². The highest BCUT2D eigenvalue weighted by atomic mass is 35.5. The first-order chi connectivity index (χ1) is 10.8. The molecule has 2 rings (SSSR count). The van der Waals surface area contributed by atoms with Gasteiger partial charge < -0.3 is 11.2 Å². The van der Waals surface area contributed by atoms with Gasteiger partial charge in [0.1, 0.15) is 0 Å². The fraction of sp³-hybridized carbons (Fsp3) is 0.308. The second-order valence-corrected chi connectivity index (χ2v) is 7.11. The van der Waals surface area contributed by atoms with Crippen LogP contribution < -0.4 is 11.2 Å². The van der Waals surface area contributed by atoms with Gasteiger partial charge in [0.25, 0.3) is 0 Å². The van der Waals surface area contributed by atoms with E-state index in [2.05, 4.69) is 15.5 Å². The third kappa shape index (κ3) is 4.44. The molecule has 0 atom stereocenters. The number of hydrogen-bond acceptors (Lipinski definition) is 5. The SMILES string of the molecule is CC(C)c1nnc(SCC(=O)Nc2cc(Cl)c(Cl)cc2Cl)n1N. The van der Waals surface area contributed by atoms with Crippen molar-refractivity contribution in [2.75, 3.05) is 16.9 Å². The molecule has 10 heteroatoms. The number of thioether (sulfide) groups is 1. The third-order valence-corrected chi connectivity index (χ3v) is 4.80. The van der Waals surface area contributed by atoms with Crippen LogP contribution in [0.4, 0.5) is 5.69 Å². The second-order valence-electron chi connectivity index (χ2n) is 4.95. The smallest absolute Gasteiger partial charge is 0.234 e. The molecule has 1 aromatic carbocycles. The van der Waals surface area contributed by atoms with Crippen LogP contribution in [0.1, 0.15) is 25.6 Å². The lowest BCUT2D eigenvalue weighted by molar-refractivity contribution is -0.113. The number of benzene rings is 1. The number of anilines is 1. The minimum Gasteiger partial charge on any atom is -0.336 e. The van der Waals surface area contributed by atoms with Gasteiger partial charge in [-0.15, -0.1) is 10.2 Å². The molecule has 0 radical (unpaired) electrons. The number of carbonyl (C=O) groups excluding carboxylic acids is 1. The van der Waals surface area contributed by atoms with E-state index >= 15 is 0 Å². The van der Waals surface area contributed by atoms with Crippen LogP contribution in [0.15, 0.2) is 17.3 Å². The lowest BCUT2D eigenvalue weighted by atomic mass is 10.2. The summed E-state index contributed by atoms with van der Waals surface area (Å²) in [6.45, 7) is 3.92. The number of nitrogens with two attached hydrogens (primary N) is 1. The third-order valence-electron chi connectivity index (χ3n) is 2.82. The topological polar surface area (TPSA) is 85.8 Å². The minimum atomic E-state index is -0.274. The Morgan fingerprint density at radius 1 is 1.26 bits per heavy atom. The van der Waals surface area contributed by atoms with Gasteiger partial charge in [-0.1, -0.05) is 60.4 Å². The predicted molar refractivity (Wildman–Crippen MR) is 95.1 cm³/mol. The summed E-state index contributed by atoms with van der Waals surface area (Å²) < 4.78 is 1.38. The number of amides is 1. The van der Waals surface area contributed by atoms with Crippen molar-refractivity contribution in [3.05, 3.63) is 33.0 Å². The molecule has 0 aliphatic rings. The molecular weight excluding hydrogens is 381 g/mol. The maximum atomic E-state index is 12.0. The lowest BCUT2D eigenvalue weighted by Gasteiger charge is -2.09. The Hall–Kier alpha value is -1.15. The van der Waals surface area contributed by atoms with Crippen LogP contribution in [0.5, 0.6) is 0 Å². The summed E-state index contributed by atoms with van der Waals surface area (Å²) in [5.41, 5.74) is 0.392. The summed E-state index contributed by atoms with van der Waals surface area (Å²) in [6.07, 6.45) is 0. The number of rotatable bonds is 5. The molecule has 1 aromatic heterocycles. The molecule has 0 saturated carbocycles. The molecule has 0 bridgehead atoms. The molecule has 3 N–H and O–H groups in total.